The molecule has 0 bridgehead atoms. The number of aromatic nitrogens is 1. The van der Waals surface area contributed by atoms with Gasteiger partial charge in [-0.15, -0.1) is 0 Å². The van der Waals surface area contributed by atoms with E-state index in [1.54, 1.807) is 50.2 Å². The number of carbonyl (C=O) groups is 5. The molecule has 264 valence electrons. The van der Waals surface area contributed by atoms with E-state index in [0.29, 0.717) is 29.7 Å². The number of aliphatic imine (C=N–C) groups is 1. The van der Waals surface area contributed by atoms with Crippen LogP contribution in [0.25, 0.3) is 0 Å². The first-order chi connectivity index (χ1) is 24.0. The van der Waals surface area contributed by atoms with Gasteiger partial charge in [-0.3, -0.25) is 15.0 Å². The molecule has 5 N–H and O–H groups in total. The molecule has 50 heavy (non-hydrogen) atoms. The zero-order chi connectivity index (χ0) is 36.2. The Morgan fingerprint density at radius 2 is 1.78 bits per heavy atom. The normalized spacial score (nSPS) is 13.0. The van der Waals surface area contributed by atoms with Gasteiger partial charge in [0.25, 0.3) is 11.8 Å². The maximum Gasteiger partial charge on any atom is 0.423 e. The second-order valence-electron chi connectivity index (χ2n) is 11.5. The zero-order valence-electron chi connectivity index (χ0n) is 28.3. The lowest BCUT2D eigenvalue weighted by atomic mass is 10.1. The Hall–Kier alpha value is -5.99. The predicted molar refractivity (Wildman–Crippen MR) is 184 cm³/mol. The molecule has 3 aromatic rings. The Morgan fingerprint density at radius 1 is 1.04 bits per heavy atom. The molecule has 1 atom stereocenters. The van der Waals surface area contributed by atoms with Crippen molar-refractivity contribution in [3.05, 3.63) is 88.2 Å². The summed E-state index contributed by atoms with van der Waals surface area (Å²) < 4.78 is 15.6. The fourth-order valence-electron chi connectivity index (χ4n) is 4.71. The fraction of sp³-hybridized carbons (Fsp3) is 0.343. The van der Waals surface area contributed by atoms with Crippen LogP contribution in [0.4, 0.5) is 15.3 Å². The summed E-state index contributed by atoms with van der Waals surface area (Å²) in [6.07, 6.45) is 2.77. The Labute approximate surface area is 289 Å². The van der Waals surface area contributed by atoms with Crippen LogP contribution in [-0.4, -0.2) is 72.5 Å². The SMILES string of the molecule is CCCNC(=O)c1ccc(C)c(N(C(=O)OCOC(=O)C(C)NC(=O)OCc2ccccc2)C(=NC=N)c2[nH]cc(C(=O)NC3CC3)c2C)c1. The highest BCUT2D eigenvalue weighted by Gasteiger charge is 2.32. The van der Waals surface area contributed by atoms with E-state index >= 15 is 0 Å². The number of amides is 4. The van der Waals surface area contributed by atoms with Gasteiger partial charge in [-0.2, -0.15) is 0 Å². The molecule has 1 unspecified atom stereocenters. The van der Waals surface area contributed by atoms with Gasteiger partial charge >= 0.3 is 18.2 Å². The highest BCUT2D eigenvalue weighted by molar-refractivity contribution is 6.24. The van der Waals surface area contributed by atoms with Gasteiger partial charge in [0.05, 0.1) is 16.9 Å². The third-order valence-electron chi connectivity index (χ3n) is 7.63. The minimum absolute atomic E-state index is 0.00459. The molecule has 1 aliphatic rings. The molecule has 1 heterocycles. The first-order valence-electron chi connectivity index (χ1n) is 16.1. The summed E-state index contributed by atoms with van der Waals surface area (Å²) in [7, 11) is 0. The number of nitrogens with zero attached hydrogens (tertiary/aromatic N) is 2. The minimum atomic E-state index is -1.15. The molecular formula is C35H41N7O8. The highest BCUT2D eigenvalue weighted by atomic mass is 16.7. The fourth-order valence-corrected chi connectivity index (χ4v) is 4.71. The van der Waals surface area contributed by atoms with Crippen molar-refractivity contribution in [1.29, 1.82) is 5.41 Å². The zero-order valence-corrected chi connectivity index (χ0v) is 28.3. The van der Waals surface area contributed by atoms with E-state index in [4.69, 9.17) is 19.6 Å². The van der Waals surface area contributed by atoms with Crippen LogP contribution in [0.15, 0.2) is 59.7 Å². The van der Waals surface area contributed by atoms with Gasteiger partial charge < -0.3 is 35.1 Å². The summed E-state index contributed by atoms with van der Waals surface area (Å²) in [5.41, 5.74) is 2.71. The smallest absolute Gasteiger partial charge is 0.423 e. The third kappa shape index (κ3) is 9.78. The quantitative estimate of drug-likeness (QED) is 0.0706. The lowest BCUT2D eigenvalue weighted by Gasteiger charge is -2.25. The maximum atomic E-state index is 13.9. The number of hydrogen-bond acceptors (Lipinski definition) is 9. The van der Waals surface area contributed by atoms with E-state index in [9.17, 15) is 24.0 Å². The largest absolute Gasteiger partial charge is 0.445 e. The van der Waals surface area contributed by atoms with Crippen molar-refractivity contribution in [3.63, 3.8) is 0 Å². The van der Waals surface area contributed by atoms with Crippen LogP contribution in [0.2, 0.25) is 0 Å². The Kier molecular flexibility index (Phi) is 12.8. The molecule has 0 spiro atoms. The second-order valence-corrected chi connectivity index (χ2v) is 11.5. The lowest BCUT2D eigenvalue weighted by molar-refractivity contribution is -0.153. The Balaban J connectivity index is 1.54. The van der Waals surface area contributed by atoms with Crippen LogP contribution in [0, 0.1) is 19.3 Å². The summed E-state index contributed by atoms with van der Waals surface area (Å²) in [6.45, 7) is 6.23. The number of H-pyrrole nitrogens is 1. The van der Waals surface area contributed by atoms with Crippen molar-refractivity contribution in [3.8, 4) is 0 Å². The number of rotatable bonds is 14. The van der Waals surface area contributed by atoms with Gasteiger partial charge in [0, 0.05) is 24.3 Å². The van der Waals surface area contributed by atoms with Crippen molar-refractivity contribution >= 4 is 47.8 Å². The number of carbonyl (C=O) groups excluding carboxylic acids is 5. The van der Waals surface area contributed by atoms with Crippen LogP contribution < -0.4 is 20.9 Å². The molecule has 0 radical (unpaired) electrons. The van der Waals surface area contributed by atoms with E-state index in [1.165, 1.54) is 19.2 Å². The summed E-state index contributed by atoms with van der Waals surface area (Å²) in [5.74, 6) is -1.71. The van der Waals surface area contributed by atoms with Crippen molar-refractivity contribution in [2.24, 2.45) is 4.99 Å². The monoisotopic (exact) mass is 687 g/mol. The van der Waals surface area contributed by atoms with E-state index in [1.807, 2.05) is 13.0 Å². The second kappa shape index (κ2) is 17.4. The Morgan fingerprint density at radius 3 is 2.46 bits per heavy atom. The lowest BCUT2D eigenvalue weighted by Crippen LogP contribution is -2.42. The van der Waals surface area contributed by atoms with Crippen LogP contribution in [-0.2, 0) is 25.6 Å². The highest BCUT2D eigenvalue weighted by Crippen LogP contribution is 2.27. The predicted octanol–water partition coefficient (Wildman–Crippen LogP) is 4.48. The molecule has 15 heteroatoms. The summed E-state index contributed by atoms with van der Waals surface area (Å²) in [4.78, 5) is 72.7. The van der Waals surface area contributed by atoms with E-state index < -0.39 is 31.0 Å². The molecule has 1 aliphatic carbocycles. The number of ether oxygens (including phenoxy) is 3. The van der Waals surface area contributed by atoms with Crippen molar-refractivity contribution < 1.29 is 38.2 Å². The molecule has 0 aliphatic heterocycles. The van der Waals surface area contributed by atoms with Gasteiger partial charge in [-0.1, -0.05) is 43.3 Å². The summed E-state index contributed by atoms with van der Waals surface area (Å²) in [6, 6.07) is 12.6. The molecule has 1 aromatic heterocycles. The molecular weight excluding hydrogens is 646 g/mol. The first kappa shape index (κ1) is 36.8. The average molecular weight is 688 g/mol. The number of anilines is 1. The molecule has 2 aromatic carbocycles. The number of hydrogen-bond donors (Lipinski definition) is 5. The number of benzene rings is 2. The first-order valence-corrected chi connectivity index (χ1v) is 16.1. The van der Waals surface area contributed by atoms with E-state index in [0.717, 1.165) is 29.6 Å². The minimum Gasteiger partial charge on any atom is -0.445 e. The van der Waals surface area contributed by atoms with Crippen LogP contribution in [0.5, 0.6) is 0 Å². The standard InChI is InChI=1S/C35H41N7O8/c1-5-15-37-31(43)25-12-11-21(2)28(16-25)42(30(39-19-36)29-22(3)27(17-38-29)32(44)41-26-13-14-26)35(47)50-20-49-33(45)23(4)40-34(46)48-18-24-9-7-6-8-10-24/h6-12,16-17,19,23,26,36,38H,5,13-15,18,20H2,1-4H3,(H,37,43)(H,40,46)(H,41,44). The molecule has 4 rings (SSSR count). The number of aryl methyl sites for hydroxylation is 1. The van der Waals surface area contributed by atoms with Crippen molar-refractivity contribution in [1.82, 2.24) is 20.9 Å². The van der Waals surface area contributed by atoms with Gasteiger partial charge in [0.1, 0.15) is 19.0 Å². The van der Waals surface area contributed by atoms with Gasteiger partial charge in [0.2, 0.25) is 6.79 Å². The van der Waals surface area contributed by atoms with Crippen molar-refractivity contribution in [2.45, 2.75) is 65.6 Å². The molecule has 0 saturated heterocycles. The maximum absolute atomic E-state index is 13.9. The Bertz CT molecular complexity index is 1750. The third-order valence-corrected chi connectivity index (χ3v) is 7.63. The van der Waals surface area contributed by atoms with Gasteiger partial charge in [0.15, 0.2) is 5.84 Å². The molecule has 15 nitrogen and oxygen atoms in total. The van der Waals surface area contributed by atoms with Crippen LogP contribution in [0.1, 0.15) is 76.2 Å². The molecule has 4 amide bonds. The number of alkyl carbamates (subject to hydrolysis) is 1. The number of nitrogens with one attached hydrogen (secondary N) is 5. The van der Waals surface area contributed by atoms with E-state index in [-0.39, 0.29) is 47.2 Å². The van der Waals surface area contributed by atoms with E-state index in [2.05, 4.69) is 25.9 Å². The average Bonchev–Trinajstić information content (AvgIpc) is 3.84. The molecule has 1 fully saturated rings. The van der Waals surface area contributed by atoms with Crippen LogP contribution >= 0.6 is 0 Å². The van der Waals surface area contributed by atoms with Gasteiger partial charge in [-0.25, -0.2) is 24.3 Å². The van der Waals surface area contributed by atoms with Crippen molar-refractivity contribution in [2.75, 3.05) is 18.2 Å². The number of amidine groups is 1. The summed E-state index contributed by atoms with van der Waals surface area (Å²) in [5, 5.41) is 15.9. The summed E-state index contributed by atoms with van der Waals surface area (Å²) >= 11 is 0. The number of esters is 1. The topological polar surface area (TPSA) is 204 Å². The van der Waals surface area contributed by atoms with Crippen LogP contribution in [0.3, 0.4) is 0 Å². The van der Waals surface area contributed by atoms with Gasteiger partial charge in [-0.05, 0) is 68.9 Å². The number of aromatic amines is 1. The molecule has 1 saturated carbocycles.